The third-order valence-corrected chi connectivity index (χ3v) is 6.73. The first-order valence-electron chi connectivity index (χ1n) is 7.99. The minimum absolute atomic E-state index is 0.369. The van der Waals surface area contributed by atoms with Gasteiger partial charge in [0.05, 0.1) is 10.6 Å². The fraction of sp³-hybridized carbons (Fsp3) is 0.200. The first-order chi connectivity index (χ1) is 11.7. The number of benzene rings is 3. The van der Waals surface area contributed by atoms with Crippen molar-refractivity contribution in [2.24, 2.45) is 0 Å². The normalized spacial score (nSPS) is 11.7. The topological polar surface area (TPSA) is 46.2 Å². The van der Waals surface area contributed by atoms with Crippen molar-refractivity contribution in [3.05, 3.63) is 69.2 Å². The predicted octanol–water partition coefficient (Wildman–Crippen LogP) is 5.64. The number of hydrogen-bond donors (Lipinski definition) is 1. The lowest BCUT2D eigenvalue weighted by atomic mass is 10.0. The molecule has 130 valence electrons. The molecular weight excluding hydrogens is 398 g/mol. The molecule has 0 saturated carbocycles. The highest BCUT2D eigenvalue weighted by Crippen LogP contribution is 2.32. The average molecular weight is 418 g/mol. The number of sulfonamides is 1. The Balaban J connectivity index is 2.19. The van der Waals surface area contributed by atoms with Gasteiger partial charge in [-0.1, -0.05) is 46.3 Å². The molecule has 0 fully saturated rings. The quantitative estimate of drug-likeness (QED) is 0.599. The number of rotatable bonds is 3. The fourth-order valence-corrected chi connectivity index (χ4v) is 5.30. The molecule has 3 aromatic rings. The molecule has 5 heteroatoms. The highest BCUT2D eigenvalue weighted by Gasteiger charge is 2.23. The minimum atomic E-state index is -3.70. The van der Waals surface area contributed by atoms with Gasteiger partial charge in [0.2, 0.25) is 0 Å². The lowest BCUT2D eigenvalue weighted by Crippen LogP contribution is -2.17. The average Bonchev–Trinajstić information content (AvgIpc) is 2.52. The molecule has 0 unspecified atom stereocenters. The minimum Gasteiger partial charge on any atom is -0.279 e. The molecule has 0 bridgehead atoms. The highest BCUT2D eigenvalue weighted by atomic mass is 79.9. The fourth-order valence-electron chi connectivity index (χ4n) is 3.14. The summed E-state index contributed by atoms with van der Waals surface area (Å²) in [6.07, 6.45) is 0. The summed E-state index contributed by atoms with van der Waals surface area (Å²) in [7, 11) is -3.70. The molecule has 0 saturated heterocycles. The van der Waals surface area contributed by atoms with Crippen molar-refractivity contribution < 1.29 is 8.42 Å². The van der Waals surface area contributed by atoms with Crippen LogP contribution in [-0.2, 0) is 10.0 Å². The van der Waals surface area contributed by atoms with Crippen LogP contribution >= 0.6 is 15.9 Å². The SMILES string of the molecule is Cc1cc(C)c(C)c(S(=O)(=O)Nc2cc(Br)cc3ccccc23)c1C. The third-order valence-electron chi connectivity index (χ3n) is 4.64. The maximum absolute atomic E-state index is 13.2. The van der Waals surface area contributed by atoms with Crippen molar-refractivity contribution in [1.82, 2.24) is 0 Å². The monoisotopic (exact) mass is 417 g/mol. The van der Waals surface area contributed by atoms with Crippen molar-refractivity contribution in [3.8, 4) is 0 Å². The van der Waals surface area contributed by atoms with E-state index in [0.29, 0.717) is 10.6 Å². The first kappa shape index (κ1) is 18.0. The van der Waals surface area contributed by atoms with Crippen molar-refractivity contribution in [3.63, 3.8) is 0 Å². The summed E-state index contributed by atoms with van der Waals surface area (Å²) in [5.41, 5.74) is 4.10. The molecule has 3 rings (SSSR count). The van der Waals surface area contributed by atoms with Gasteiger partial charge in [-0.05, 0) is 67.5 Å². The van der Waals surface area contributed by atoms with E-state index < -0.39 is 10.0 Å². The molecule has 0 amide bonds. The summed E-state index contributed by atoms with van der Waals surface area (Å²) < 4.78 is 30.0. The first-order valence-corrected chi connectivity index (χ1v) is 10.3. The zero-order chi connectivity index (χ0) is 18.4. The smallest absolute Gasteiger partial charge is 0.262 e. The molecule has 0 aromatic heterocycles. The van der Waals surface area contributed by atoms with Crippen LogP contribution in [0.25, 0.3) is 10.8 Å². The van der Waals surface area contributed by atoms with E-state index in [2.05, 4.69) is 20.7 Å². The molecule has 25 heavy (non-hydrogen) atoms. The largest absolute Gasteiger partial charge is 0.279 e. The van der Waals surface area contributed by atoms with Gasteiger partial charge in [0, 0.05) is 9.86 Å². The van der Waals surface area contributed by atoms with Crippen LogP contribution in [0.5, 0.6) is 0 Å². The van der Waals surface area contributed by atoms with Crippen LogP contribution < -0.4 is 4.72 Å². The number of halogens is 1. The van der Waals surface area contributed by atoms with Gasteiger partial charge < -0.3 is 0 Å². The maximum atomic E-state index is 13.2. The second-order valence-electron chi connectivity index (χ2n) is 6.37. The highest BCUT2D eigenvalue weighted by molar-refractivity contribution is 9.10. The van der Waals surface area contributed by atoms with Crippen molar-refractivity contribution in [2.75, 3.05) is 4.72 Å². The number of anilines is 1. The number of fused-ring (bicyclic) bond motifs is 1. The molecule has 0 atom stereocenters. The van der Waals surface area contributed by atoms with Crippen LogP contribution in [0.2, 0.25) is 0 Å². The zero-order valence-electron chi connectivity index (χ0n) is 14.6. The Labute approximate surface area is 157 Å². The van der Waals surface area contributed by atoms with Crippen LogP contribution in [0.15, 0.2) is 51.8 Å². The molecule has 0 aliphatic heterocycles. The van der Waals surface area contributed by atoms with Crippen LogP contribution in [0.4, 0.5) is 5.69 Å². The van der Waals surface area contributed by atoms with Crippen molar-refractivity contribution >= 4 is 42.4 Å². The van der Waals surface area contributed by atoms with Gasteiger partial charge in [-0.15, -0.1) is 0 Å². The van der Waals surface area contributed by atoms with Crippen LogP contribution in [-0.4, -0.2) is 8.42 Å². The Bertz CT molecular complexity index is 1060. The van der Waals surface area contributed by atoms with E-state index in [-0.39, 0.29) is 0 Å². The van der Waals surface area contributed by atoms with Crippen LogP contribution in [0.3, 0.4) is 0 Å². The summed E-state index contributed by atoms with van der Waals surface area (Å²) in [6, 6.07) is 13.5. The number of hydrogen-bond acceptors (Lipinski definition) is 2. The number of aryl methyl sites for hydroxylation is 2. The summed E-state index contributed by atoms with van der Waals surface area (Å²) in [6.45, 7) is 7.59. The molecule has 1 N–H and O–H groups in total. The molecule has 0 spiro atoms. The van der Waals surface area contributed by atoms with Crippen LogP contribution in [0.1, 0.15) is 22.3 Å². The number of nitrogens with one attached hydrogen (secondary N) is 1. The summed E-state index contributed by atoms with van der Waals surface area (Å²) >= 11 is 3.46. The Kier molecular flexibility index (Phi) is 4.64. The van der Waals surface area contributed by atoms with E-state index in [0.717, 1.165) is 37.5 Å². The van der Waals surface area contributed by atoms with Gasteiger partial charge in [-0.2, -0.15) is 0 Å². The Hall–Kier alpha value is -1.85. The Morgan fingerprint density at radius 3 is 2.12 bits per heavy atom. The zero-order valence-corrected chi connectivity index (χ0v) is 17.0. The molecular formula is C20H20BrNO2S. The summed E-state index contributed by atoms with van der Waals surface area (Å²) in [5.74, 6) is 0. The Morgan fingerprint density at radius 1 is 0.880 bits per heavy atom. The van der Waals surface area contributed by atoms with E-state index in [1.165, 1.54) is 0 Å². The van der Waals surface area contributed by atoms with Gasteiger partial charge in [-0.3, -0.25) is 4.72 Å². The standard InChI is InChI=1S/C20H20BrNO2S/c1-12-9-13(2)15(4)20(14(12)3)25(23,24)22-19-11-17(21)10-16-7-5-6-8-18(16)19/h5-11,22H,1-4H3. The second kappa shape index (κ2) is 6.46. The van der Waals surface area contributed by atoms with E-state index in [1.807, 2.05) is 64.1 Å². The molecule has 0 heterocycles. The van der Waals surface area contributed by atoms with Crippen molar-refractivity contribution in [2.45, 2.75) is 32.6 Å². The summed E-state index contributed by atoms with van der Waals surface area (Å²) in [5, 5.41) is 1.84. The van der Waals surface area contributed by atoms with Gasteiger partial charge in [0.15, 0.2) is 0 Å². The van der Waals surface area contributed by atoms with E-state index in [9.17, 15) is 8.42 Å². The predicted molar refractivity (Wildman–Crippen MR) is 108 cm³/mol. The molecule has 3 aromatic carbocycles. The molecule has 0 aliphatic carbocycles. The second-order valence-corrected chi connectivity index (χ2v) is 8.90. The van der Waals surface area contributed by atoms with Gasteiger partial charge in [0.1, 0.15) is 0 Å². The lowest BCUT2D eigenvalue weighted by Gasteiger charge is -2.18. The maximum Gasteiger partial charge on any atom is 0.262 e. The molecule has 0 radical (unpaired) electrons. The lowest BCUT2D eigenvalue weighted by molar-refractivity contribution is 0.599. The van der Waals surface area contributed by atoms with E-state index in [1.54, 1.807) is 6.07 Å². The van der Waals surface area contributed by atoms with E-state index >= 15 is 0 Å². The molecule has 0 aliphatic rings. The molecule has 3 nitrogen and oxygen atoms in total. The van der Waals surface area contributed by atoms with Gasteiger partial charge in [-0.25, -0.2) is 8.42 Å². The summed E-state index contributed by atoms with van der Waals surface area (Å²) in [4.78, 5) is 0.369. The Morgan fingerprint density at radius 2 is 1.48 bits per heavy atom. The van der Waals surface area contributed by atoms with E-state index in [4.69, 9.17) is 0 Å². The van der Waals surface area contributed by atoms with Gasteiger partial charge >= 0.3 is 0 Å². The third kappa shape index (κ3) is 3.31. The van der Waals surface area contributed by atoms with Crippen LogP contribution in [0, 0.1) is 27.7 Å². The van der Waals surface area contributed by atoms with Crippen molar-refractivity contribution in [1.29, 1.82) is 0 Å². The van der Waals surface area contributed by atoms with Gasteiger partial charge in [0.25, 0.3) is 10.0 Å².